The Balaban J connectivity index is 2.97. The van der Waals surface area contributed by atoms with E-state index in [-0.39, 0.29) is 6.61 Å². The van der Waals surface area contributed by atoms with E-state index >= 15 is 0 Å². The average Bonchev–Trinajstić information content (AvgIpc) is 2.38. The predicted molar refractivity (Wildman–Crippen MR) is 73.5 cm³/mol. The van der Waals surface area contributed by atoms with E-state index in [0.29, 0.717) is 12.0 Å². The highest BCUT2D eigenvalue weighted by Crippen LogP contribution is 2.23. The topological polar surface area (TPSA) is 75.6 Å². The molecule has 0 saturated heterocycles. The van der Waals surface area contributed by atoms with Crippen LogP contribution in [0.1, 0.15) is 24.2 Å². The molecule has 1 aromatic carbocycles. The number of esters is 1. The van der Waals surface area contributed by atoms with Crippen molar-refractivity contribution in [3.05, 3.63) is 33.8 Å². The van der Waals surface area contributed by atoms with E-state index < -0.39 is 18.1 Å². The van der Waals surface area contributed by atoms with Gasteiger partial charge in [-0.25, -0.2) is 4.79 Å². The molecule has 1 aromatic rings. The highest BCUT2D eigenvalue weighted by Gasteiger charge is 2.29. The number of carbonyl (C=O) groups is 2. The van der Waals surface area contributed by atoms with Crippen molar-refractivity contribution in [2.45, 2.75) is 26.0 Å². The summed E-state index contributed by atoms with van der Waals surface area (Å²) in [5.74, 6) is -0.664. The van der Waals surface area contributed by atoms with Gasteiger partial charge in [0.2, 0.25) is 6.41 Å². The molecule has 0 heterocycles. The van der Waals surface area contributed by atoms with Gasteiger partial charge in [-0.05, 0) is 31.0 Å². The highest BCUT2D eigenvalue weighted by molar-refractivity contribution is 9.10. The monoisotopic (exact) mass is 329 g/mol. The summed E-state index contributed by atoms with van der Waals surface area (Å²) in [7, 11) is 0. The Bertz CT molecular complexity index is 464. The molecule has 0 aliphatic heterocycles. The smallest absolute Gasteiger partial charge is 0.331 e. The molecule has 0 radical (unpaired) electrons. The minimum atomic E-state index is -1.16. The number of benzene rings is 1. The van der Waals surface area contributed by atoms with E-state index in [9.17, 15) is 14.7 Å². The van der Waals surface area contributed by atoms with Gasteiger partial charge in [-0.15, -0.1) is 0 Å². The first-order valence-electron chi connectivity index (χ1n) is 5.81. The molecular formula is C13H16BrNO4. The summed E-state index contributed by atoms with van der Waals surface area (Å²) in [6.07, 6.45) is -0.785. The zero-order valence-corrected chi connectivity index (χ0v) is 12.3. The molecule has 104 valence electrons. The van der Waals surface area contributed by atoms with Crippen LogP contribution in [-0.4, -0.2) is 30.1 Å². The number of aliphatic hydroxyl groups excluding tert-OH is 1. The molecule has 19 heavy (non-hydrogen) atoms. The first-order chi connectivity index (χ1) is 9.01. The van der Waals surface area contributed by atoms with E-state index in [1.165, 1.54) is 0 Å². The number of halogens is 1. The normalized spacial score (nSPS) is 13.5. The molecule has 0 bridgehead atoms. The fourth-order valence-electron chi connectivity index (χ4n) is 1.64. The number of aryl methyl sites for hydroxylation is 1. The van der Waals surface area contributed by atoms with Crippen molar-refractivity contribution in [2.75, 3.05) is 6.61 Å². The number of hydrogen-bond acceptors (Lipinski definition) is 4. The van der Waals surface area contributed by atoms with Gasteiger partial charge in [-0.2, -0.15) is 0 Å². The number of aliphatic hydroxyl groups is 1. The SMILES string of the molecule is CCOC(=O)C(NC=O)C(O)c1ccc(Br)c(C)c1. The van der Waals surface area contributed by atoms with E-state index in [0.717, 1.165) is 10.0 Å². The number of amides is 1. The van der Waals surface area contributed by atoms with E-state index in [2.05, 4.69) is 21.2 Å². The minimum Gasteiger partial charge on any atom is -0.464 e. The predicted octanol–water partition coefficient (Wildman–Crippen LogP) is 1.47. The summed E-state index contributed by atoms with van der Waals surface area (Å²) < 4.78 is 5.73. The molecule has 2 N–H and O–H groups in total. The van der Waals surface area contributed by atoms with Gasteiger partial charge >= 0.3 is 5.97 Å². The first-order valence-corrected chi connectivity index (χ1v) is 6.61. The molecule has 0 spiro atoms. The first kappa shape index (κ1) is 15.7. The molecule has 0 saturated carbocycles. The molecule has 0 aliphatic rings. The zero-order valence-electron chi connectivity index (χ0n) is 10.7. The molecule has 6 heteroatoms. The number of carbonyl (C=O) groups excluding carboxylic acids is 2. The summed E-state index contributed by atoms with van der Waals surface area (Å²) in [4.78, 5) is 22.2. The second-order valence-corrected chi connectivity index (χ2v) is 4.82. The molecule has 2 unspecified atom stereocenters. The molecule has 1 amide bonds. The molecule has 0 fully saturated rings. The molecular weight excluding hydrogens is 314 g/mol. The van der Waals surface area contributed by atoms with Crippen LogP contribution in [0, 0.1) is 6.92 Å². The second-order valence-electron chi connectivity index (χ2n) is 3.97. The van der Waals surface area contributed by atoms with Crippen LogP contribution >= 0.6 is 15.9 Å². The maximum atomic E-state index is 11.7. The lowest BCUT2D eigenvalue weighted by atomic mass is 10.0. The Hall–Kier alpha value is -1.40. The second kappa shape index (κ2) is 7.25. The average molecular weight is 330 g/mol. The van der Waals surface area contributed by atoms with Crippen LogP contribution in [0.25, 0.3) is 0 Å². The Kier molecular flexibility index (Phi) is 5.98. The van der Waals surface area contributed by atoms with Crippen LogP contribution in [0.15, 0.2) is 22.7 Å². The lowest BCUT2D eigenvalue weighted by Gasteiger charge is -2.21. The van der Waals surface area contributed by atoms with E-state index in [1.54, 1.807) is 25.1 Å². The largest absolute Gasteiger partial charge is 0.464 e. The van der Waals surface area contributed by atoms with Crippen molar-refractivity contribution in [2.24, 2.45) is 0 Å². The van der Waals surface area contributed by atoms with Crippen molar-refractivity contribution in [1.82, 2.24) is 5.32 Å². The van der Waals surface area contributed by atoms with Gasteiger partial charge in [0.1, 0.15) is 6.10 Å². The maximum absolute atomic E-state index is 11.7. The van der Waals surface area contributed by atoms with Crippen LogP contribution in [0.5, 0.6) is 0 Å². The van der Waals surface area contributed by atoms with Crippen LogP contribution in [0.4, 0.5) is 0 Å². The maximum Gasteiger partial charge on any atom is 0.331 e. The van der Waals surface area contributed by atoms with Gasteiger partial charge < -0.3 is 15.2 Å². The summed E-state index contributed by atoms with van der Waals surface area (Å²) in [6, 6.07) is 4.09. The van der Waals surface area contributed by atoms with Crippen molar-refractivity contribution >= 4 is 28.3 Å². The Morgan fingerprint density at radius 2 is 2.26 bits per heavy atom. The van der Waals surface area contributed by atoms with Crippen molar-refractivity contribution in [3.63, 3.8) is 0 Å². The third kappa shape index (κ3) is 4.04. The number of hydrogen-bond donors (Lipinski definition) is 2. The quantitative estimate of drug-likeness (QED) is 0.612. The van der Waals surface area contributed by atoms with Crippen LogP contribution in [0.2, 0.25) is 0 Å². The Morgan fingerprint density at radius 1 is 1.58 bits per heavy atom. The molecule has 1 rings (SSSR count). The summed E-state index contributed by atoms with van der Waals surface area (Å²) in [5.41, 5.74) is 1.46. The number of nitrogens with one attached hydrogen (secondary N) is 1. The summed E-state index contributed by atoms with van der Waals surface area (Å²) >= 11 is 3.35. The Labute approximate surface area is 120 Å². The molecule has 2 atom stereocenters. The molecule has 0 aromatic heterocycles. The number of rotatable bonds is 6. The third-order valence-corrected chi connectivity index (χ3v) is 3.52. The lowest BCUT2D eigenvalue weighted by molar-refractivity contribution is -0.149. The molecule has 0 aliphatic carbocycles. The fraction of sp³-hybridized carbons (Fsp3) is 0.385. The standard InChI is InChI=1S/C13H16BrNO4/c1-3-19-13(18)11(15-7-16)12(17)9-4-5-10(14)8(2)6-9/h4-7,11-12,17H,3H2,1-2H3,(H,15,16). The van der Waals surface area contributed by atoms with Crippen LogP contribution in [0.3, 0.4) is 0 Å². The molecule has 5 nitrogen and oxygen atoms in total. The fourth-order valence-corrected chi connectivity index (χ4v) is 1.88. The van der Waals surface area contributed by atoms with Crippen LogP contribution < -0.4 is 5.32 Å². The summed E-state index contributed by atoms with van der Waals surface area (Å²) in [6.45, 7) is 3.71. The van der Waals surface area contributed by atoms with Crippen LogP contribution in [-0.2, 0) is 14.3 Å². The van der Waals surface area contributed by atoms with Crippen molar-refractivity contribution in [1.29, 1.82) is 0 Å². The Morgan fingerprint density at radius 3 is 2.79 bits per heavy atom. The van der Waals surface area contributed by atoms with Crippen molar-refractivity contribution < 1.29 is 19.4 Å². The number of ether oxygens (including phenoxy) is 1. The van der Waals surface area contributed by atoms with Gasteiger partial charge in [0.15, 0.2) is 6.04 Å². The van der Waals surface area contributed by atoms with Gasteiger partial charge in [-0.1, -0.05) is 28.1 Å². The van der Waals surface area contributed by atoms with E-state index in [1.807, 2.05) is 6.92 Å². The van der Waals surface area contributed by atoms with Gasteiger partial charge in [-0.3, -0.25) is 4.79 Å². The lowest BCUT2D eigenvalue weighted by Crippen LogP contribution is -2.42. The highest BCUT2D eigenvalue weighted by atomic mass is 79.9. The minimum absolute atomic E-state index is 0.182. The van der Waals surface area contributed by atoms with Gasteiger partial charge in [0.25, 0.3) is 0 Å². The third-order valence-electron chi connectivity index (χ3n) is 2.63. The van der Waals surface area contributed by atoms with Gasteiger partial charge in [0, 0.05) is 4.47 Å². The van der Waals surface area contributed by atoms with E-state index in [4.69, 9.17) is 4.74 Å². The zero-order chi connectivity index (χ0) is 14.4. The van der Waals surface area contributed by atoms with Gasteiger partial charge in [0.05, 0.1) is 6.61 Å². The summed E-state index contributed by atoms with van der Waals surface area (Å²) in [5, 5.41) is 12.5. The van der Waals surface area contributed by atoms with Crippen molar-refractivity contribution in [3.8, 4) is 0 Å².